The van der Waals surface area contributed by atoms with Crippen LogP contribution in [0.2, 0.25) is 0 Å². The van der Waals surface area contributed by atoms with E-state index in [0.29, 0.717) is 5.75 Å². The molecule has 5 nitrogen and oxygen atoms in total. The molecule has 0 fully saturated rings. The number of benzene rings is 1. The van der Waals surface area contributed by atoms with Crippen molar-refractivity contribution in [3.8, 4) is 11.5 Å². The van der Waals surface area contributed by atoms with Crippen molar-refractivity contribution in [2.75, 3.05) is 13.9 Å². The van der Waals surface area contributed by atoms with Crippen molar-refractivity contribution in [1.29, 1.82) is 0 Å². The quantitative estimate of drug-likeness (QED) is 0.617. The monoisotopic (exact) mass is 264 g/mol. The predicted octanol–water partition coefficient (Wildman–Crippen LogP) is 2.35. The Morgan fingerprint density at radius 1 is 1.32 bits per heavy atom. The summed E-state index contributed by atoms with van der Waals surface area (Å²) in [6, 6.07) is 5.54. The minimum atomic E-state index is -1.01. The van der Waals surface area contributed by atoms with Crippen LogP contribution in [-0.2, 0) is 14.3 Å². The number of hydrogen-bond donors (Lipinski definition) is 0. The molecule has 0 unspecified atom stereocenters. The van der Waals surface area contributed by atoms with Gasteiger partial charge in [0.1, 0.15) is 0 Å². The van der Waals surface area contributed by atoms with E-state index in [-0.39, 0.29) is 6.79 Å². The maximum atomic E-state index is 11.4. The van der Waals surface area contributed by atoms with E-state index in [0.717, 1.165) is 11.3 Å². The van der Waals surface area contributed by atoms with Gasteiger partial charge in [0.15, 0.2) is 17.1 Å². The second-order valence-electron chi connectivity index (χ2n) is 4.54. The summed E-state index contributed by atoms with van der Waals surface area (Å²) in [5, 5.41) is 0. The van der Waals surface area contributed by atoms with Gasteiger partial charge in [-0.05, 0) is 37.6 Å². The lowest BCUT2D eigenvalue weighted by Crippen LogP contribution is -2.34. The van der Waals surface area contributed by atoms with E-state index in [1.54, 1.807) is 19.9 Å². The average Bonchev–Trinajstić information content (AvgIpc) is 2.84. The van der Waals surface area contributed by atoms with Crippen LogP contribution in [-0.4, -0.2) is 25.5 Å². The van der Waals surface area contributed by atoms with Crippen molar-refractivity contribution in [3.05, 3.63) is 30.0 Å². The molecule has 1 aromatic carbocycles. The normalized spacial score (nSPS) is 13.6. The predicted molar refractivity (Wildman–Crippen MR) is 68.8 cm³/mol. The van der Waals surface area contributed by atoms with E-state index in [9.17, 15) is 4.79 Å². The molecule has 0 amide bonds. The molecule has 0 N–H and O–H groups in total. The molecule has 1 heterocycles. The molecule has 1 aliphatic heterocycles. The summed E-state index contributed by atoms with van der Waals surface area (Å²) in [7, 11) is 1.33. The van der Waals surface area contributed by atoms with E-state index in [4.69, 9.17) is 14.2 Å². The van der Waals surface area contributed by atoms with Crippen LogP contribution >= 0.6 is 0 Å². The first-order valence-electron chi connectivity index (χ1n) is 5.85. The van der Waals surface area contributed by atoms with Crippen LogP contribution in [0, 0.1) is 0 Å². The molecular formula is C14H16O5. The highest BCUT2D eigenvalue weighted by Crippen LogP contribution is 2.32. The lowest BCUT2D eigenvalue weighted by molar-refractivity contribution is -0.159. The largest absolute Gasteiger partial charge is 0.484 e. The molecule has 0 bridgehead atoms. The van der Waals surface area contributed by atoms with Crippen molar-refractivity contribution in [1.82, 2.24) is 0 Å². The van der Waals surface area contributed by atoms with Crippen LogP contribution in [0.15, 0.2) is 24.5 Å². The average molecular weight is 264 g/mol. The summed E-state index contributed by atoms with van der Waals surface area (Å²) in [5.41, 5.74) is -0.119. The number of carbonyl (C=O) groups is 1. The Morgan fingerprint density at radius 2 is 2.05 bits per heavy atom. The zero-order valence-electron chi connectivity index (χ0n) is 11.1. The SMILES string of the molecule is COC(=O)C(C)(C)OC=Cc1ccc2c(c1)OCO2. The fourth-order valence-electron chi connectivity index (χ4n) is 1.59. The minimum absolute atomic E-state index is 0.244. The van der Waals surface area contributed by atoms with Crippen LogP contribution < -0.4 is 9.47 Å². The third-order valence-electron chi connectivity index (χ3n) is 2.70. The van der Waals surface area contributed by atoms with Gasteiger partial charge in [0.25, 0.3) is 0 Å². The topological polar surface area (TPSA) is 54.0 Å². The van der Waals surface area contributed by atoms with Crippen molar-refractivity contribution in [2.24, 2.45) is 0 Å². The molecule has 5 heteroatoms. The van der Waals surface area contributed by atoms with Gasteiger partial charge in [0, 0.05) is 0 Å². The molecule has 0 radical (unpaired) electrons. The summed E-state index contributed by atoms with van der Waals surface area (Å²) < 4.78 is 20.5. The second-order valence-corrected chi connectivity index (χ2v) is 4.54. The smallest absolute Gasteiger partial charge is 0.349 e. The zero-order chi connectivity index (χ0) is 13.9. The summed E-state index contributed by atoms with van der Waals surface area (Å²) in [5.74, 6) is 1.00. The molecule has 0 spiro atoms. The third kappa shape index (κ3) is 2.99. The van der Waals surface area contributed by atoms with E-state index in [2.05, 4.69) is 4.74 Å². The molecule has 1 aromatic rings. The molecule has 0 aliphatic carbocycles. The maximum absolute atomic E-state index is 11.4. The van der Waals surface area contributed by atoms with Crippen molar-refractivity contribution >= 4 is 12.0 Å². The second kappa shape index (κ2) is 5.22. The van der Waals surface area contributed by atoms with Crippen LogP contribution in [0.5, 0.6) is 11.5 Å². The number of esters is 1. The van der Waals surface area contributed by atoms with Gasteiger partial charge in [0.05, 0.1) is 13.4 Å². The van der Waals surface area contributed by atoms with E-state index in [1.165, 1.54) is 13.4 Å². The lowest BCUT2D eigenvalue weighted by Gasteiger charge is -2.20. The highest BCUT2D eigenvalue weighted by molar-refractivity contribution is 5.78. The van der Waals surface area contributed by atoms with Gasteiger partial charge in [-0.3, -0.25) is 0 Å². The first kappa shape index (κ1) is 13.3. The molecule has 2 rings (SSSR count). The molecule has 1 aliphatic rings. The summed E-state index contributed by atoms with van der Waals surface area (Å²) in [4.78, 5) is 11.4. The third-order valence-corrected chi connectivity index (χ3v) is 2.70. The Morgan fingerprint density at radius 3 is 2.79 bits per heavy atom. The summed E-state index contributed by atoms with van der Waals surface area (Å²) in [6.07, 6.45) is 3.21. The maximum Gasteiger partial charge on any atom is 0.349 e. The number of hydrogen-bond acceptors (Lipinski definition) is 5. The molecule has 0 atom stereocenters. The number of rotatable bonds is 4. The van der Waals surface area contributed by atoms with Gasteiger partial charge in [-0.2, -0.15) is 0 Å². The molecule has 0 aromatic heterocycles. The number of fused-ring (bicyclic) bond motifs is 1. The Balaban J connectivity index is 2.01. The molecule has 19 heavy (non-hydrogen) atoms. The molecular weight excluding hydrogens is 248 g/mol. The zero-order valence-corrected chi connectivity index (χ0v) is 11.1. The number of ether oxygens (including phenoxy) is 4. The number of methoxy groups -OCH3 is 1. The highest BCUT2D eigenvalue weighted by atomic mass is 16.7. The standard InChI is InChI=1S/C14H16O5/c1-14(2,13(15)16-3)19-7-6-10-4-5-11-12(8-10)18-9-17-11/h4-8H,9H2,1-3H3. The first-order valence-corrected chi connectivity index (χ1v) is 5.85. The van der Waals surface area contributed by atoms with Crippen molar-refractivity contribution in [2.45, 2.75) is 19.4 Å². The van der Waals surface area contributed by atoms with Gasteiger partial charge in [-0.25, -0.2) is 4.79 Å². The van der Waals surface area contributed by atoms with E-state index in [1.807, 2.05) is 18.2 Å². The van der Waals surface area contributed by atoms with Gasteiger partial charge in [-0.1, -0.05) is 6.07 Å². The highest BCUT2D eigenvalue weighted by Gasteiger charge is 2.29. The molecule has 102 valence electrons. The lowest BCUT2D eigenvalue weighted by atomic mass is 10.1. The van der Waals surface area contributed by atoms with Crippen LogP contribution in [0.4, 0.5) is 0 Å². The van der Waals surface area contributed by atoms with Crippen LogP contribution in [0.25, 0.3) is 6.08 Å². The van der Waals surface area contributed by atoms with Crippen LogP contribution in [0.1, 0.15) is 19.4 Å². The van der Waals surface area contributed by atoms with Crippen LogP contribution in [0.3, 0.4) is 0 Å². The van der Waals surface area contributed by atoms with Gasteiger partial charge < -0.3 is 18.9 Å². The fraction of sp³-hybridized carbons (Fsp3) is 0.357. The number of carbonyl (C=O) groups excluding carboxylic acids is 1. The Hall–Kier alpha value is -2.17. The Kier molecular flexibility index (Phi) is 3.64. The van der Waals surface area contributed by atoms with Gasteiger partial charge >= 0.3 is 5.97 Å². The minimum Gasteiger partial charge on any atom is -0.484 e. The van der Waals surface area contributed by atoms with Gasteiger partial charge in [0.2, 0.25) is 6.79 Å². The summed E-state index contributed by atoms with van der Waals surface area (Å²) >= 11 is 0. The Labute approximate surface area is 111 Å². The molecule has 0 saturated heterocycles. The van der Waals surface area contributed by atoms with Crippen molar-refractivity contribution < 1.29 is 23.7 Å². The van der Waals surface area contributed by atoms with E-state index < -0.39 is 11.6 Å². The molecule has 0 saturated carbocycles. The van der Waals surface area contributed by atoms with E-state index >= 15 is 0 Å². The van der Waals surface area contributed by atoms with Crippen molar-refractivity contribution in [3.63, 3.8) is 0 Å². The first-order chi connectivity index (χ1) is 9.03. The Bertz CT molecular complexity index is 505. The summed E-state index contributed by atoms with van der Waals surface area (Å²) in [6.45, 7) is 3.53. The fourth-order valence-corrected chi connectivity index (χ4v) is 1.59. The van der Waals surface area contributed by atoms with Gasteiger partial charge in [-0.15, -0.1) is 0 Å².